The third kappa shape index (κ3) is 9.08. The second kappa shape index (κ2) is 19.2. The third-order valence-electron chi connectivity index (χ3n) is 9.81. The molecule has 58 heavy (non-hydrogen) atoms. The summed E-state index contributed by atoms with van der Waals surface area (Å²) in [6, 6.07) is 52.5. The van der Waals surface area contributed by atoms with Crippen LogP contribution >= 0.6 is 0 Å². The van der Waals surface area contributed by atoms with Gasteiger partial charge in [-0.2, -0.15) is 0 Å². The smallest absolute Gasteiger partial charge is 0.340 e. The summed E-state index contributed by atoms with van der Waals surface area (Å²) in [6.07, 6.45) is 11.5. The largest absolute Gasteiger partial charge is 3.00 e. The maximum Gasteiger partial charge on any atom is 3.00 e. The first-order valence-electron chi connectivity index (χ1n) is 19.0. The van der Waals surface area contributed by atoms with Crippen LogP contribution in [0.1, 0.15) is 33.4 Å². The van der Waals surface area contributed by atoms with Gasteiger partial charge in [0.15, 0.2) is 0 Å². The Morgan fingerprint density at radius 2 is 0.603 bits per heavy atom. The van der Waals surface area contributed by atoms with Crippen molar-refractivity contribution in [1.82, 2.24) is 28.7 Å². The van der Waals surface area contributed by atoms with Gasteiger partial charge >= 0.3 is 20.1 Å². The molecule has 0 amide bonds. The molecule has 0 atom stereocenters. The van der Waals surface area contributed by atoms with Crippen LogP contribution in [0.2, 0.25) is 0 Å². The number of rotatable bonds is 6. The molecule has 0 unspecified atom stereocenters. The van der Waals surface area contributed by atoms with E-state index in [0.717, 1.165) is 34.2 Å². The predicted octanol–water partition coefficient (Wildman–Crippen LogP) is 11.9. The maximum absolute atomic E-state index is 4.48. The number of aryl methyl sites for hydroxylation is 6. The van der Waals surface area contributed by atoms with Crippen LogP contribution in [-0.2, 0) is 20.1 Å². The molecule has 0 aliphatic heterocycles. The molecule has 0 N–H and O–H groups in total. The summed E-state index contributed by atoms with van der Waals surface area (Å²) in [6.45, 7) is 12.8. The zero-order valence-corrected chi connectivity index (χ0v) is 36.0. The van der Waals surface area contributed by atoms with Gasteiger partial charge < -0.3 is 13.7 Å². The van der Waals surface area contributed by atoms with Gasteiger partial charge in [0.1, 0.15) is 0 Å². The zero-order chi connectivity index (χ0) is 39.7. The molecular formula is C51H45IrN6. The van der Waals surface area contributed by atoms with Crippen LogP contribution < -0.4 is 0 Å². The van der Waals surface area contributed by atoms with Crippen molar-refractivity contribution in [2.24, 2.45) is 0 Å². The Morgan fingerprint density at radius 1 is 0.345 bits per heavy atom. The van der Waals surface area contributed by atoms with Crippen molar-refractivity contribution < 1.29 is 20.1 Å². The van der Waals surface area contributed by atoms with E-state index < -0.39 is 0 Å². The van der Waals surface area contributed by atoms with Crippen LogP contribution in [0.25, 0.3) is 51.2 Å². The number of nitrogens with zero attached hydrogens (tertiary/aromatic N) is 6. The molecule has 0 saturated heterocycles. The van der Waals surface area contributed by atoms with Crippen LogP contribution in [0.15, 0.2) is 165 Å². The van der Waals surface area contributed by atoms with Gasteiger partial charge in [-0.3, -0.25) is 15.0 Å². The molecule has 6 nitrogen and oxygen atoms in total. The Balaban J connectivity index is 0.000000145. The van der Waals surface area contributed by atoms with Crippen LogP contribution in [0.3, 0.4) is 0 Å². The first-order valence-corrected chi connectivity index (χ1v) is 19.0. The van der Waals surface area contributed by atoms with Gasteiger partial charge in [0.05, 0.1) is 17.5 Å². The van der Waals surface area contributed by atoms with Gasteiger partial charge in [-0.25, -0.2) is 0 Å². The minimum atomic E-state index is 0. The second-order valence-corrected chi connectivity index (χ2v) is 13.9. The minimum absolute atomic E-state index is 0. The Bertz CT molecular complexity index is 2330. The SMILES string of the molecule is Cc1cccc(C)c1-n1ccnc1-c1[c-]cccc1.Cc1cccc(C)c1-n1ccnc1-c1[c-]cccc1.Cc1cccc(C)c1-n1ccnc1-c1[c-]cccc1.[Ir+3]. The standard InChI is InChI=1S/3C17H15N2.Ir/c3*1-13-7-6-8-14(2)16(13)19-12-11-18-17(19)15-9-4-3-5-10-15;/h3*3-9,11-12H,1-2H3;/q3*-1;+3. The van der Waals surface area contributed by atoms with E-state index in [1.165, 1.54) is 50.4 Å². The first kappa shape index (κ1) is 41.2. The molecule has 0 radical (unpaired) electrons. The summed E-state index contributed by atoms with van der Waals surface area (Å²) in [4.78, 5) is 13.4. The second-order valence-electron chi connectivity index (χ2n) is 13.9. The molecule has 0 fully saturated rings. The number of hydrogen-bond acceptors (Lipinski definition) is 3. The van der Waals surface area contributed by atoms with Crippen LogP contribution in [-0.4, -0.2) is 28.7 Å². The summed E-state index contributed by atoms with van der Waals surface area (Å²) in [5, 5.41) is 0. The monoisotopic (exact) mass is 934 g/mol. The quantitative estimate of drug-likeness (QED) is 0.156. The van der Waals surface area contributed by atoms with E-state index in [1.54, 1.807) is 0 Å². The Kier molecular flexibility index (Phi) is 13.6. The molecule has 0 aliphatic carbocycles. The average Bonchev–Trinajstić information content (AvgIpc) is 4.02. The fourth-order valence-electron chi connectivity index (χ4n) is 7.20. The molecule has 0 bridgehead atoms. The molecule has 9 aromatic rings. The van der Waals surface area contributed by atoms with E-state index in [4.69, 9.17) is 0 Å². The number of hydrogen-bond donors (Lipinski definition) is 0. The fourth-order valence-corrected chi connectivity index (χ4v) is 7.20. The van der Waals surface area contributed by atoms with Gasteiger partial charge in [-0.15, -0.1) is 108 Å². The summed E-state index contributed by atoms with van der Waals surface area (Å²) in [7, 11) is 0. The van der Waals surface area contributed by atoms with E-state index >= 15 is 0 Å². The number of benzene rings is 6. The van der Waals surface area contributed by atoms with Crippen molar-refractivity contribution in [3.63, 3.8) is 0 Å². The first-order chi connectivity index (χ1) is 27.8. The summed E-state index contributed by atoms with van der Waals surface area (Å²) >= 11 is 0. The zero-order valence-electron chi connectivity index (χ0n) is 33.6. The Labute approximate surface area is 355 Å². The molecule has 0 spiro atoms. The molecule has 288 valence electrons. The van der Waals surface area contributed by atoms with Crippen molar-refractivity contribution in [2.75, 3.05) is 0 Å². The van der Waals surface area contributed by atoms with Gasteiger partial charge in [0, 0.05) is 54.2 Å². The van der Waals surface area contributed by atoms with Gasteiger partial charge in [-0.1, -0.05) is 54.6 Å². The van der Waals surface area contributed by atoms with Crippen molar-refractivity contribution in [2.45, 2.75) is 41.5 Å². The van der Waals surface area contributed by atoms with Gasteiger partial charge in [-0.05, 0) is 74.9 Å². The van der Waals surface area contributed by atoms with Crippen LogP contribution in [0, 0.1) is 59.7 Å². The van der Waals surface area contributed by atoms with E-state index in [-0.39, 0.29) is 20.1 Å². The number of aromatic nitrogens is 6. The maximum atomic E-state index is 4.48. The fraction of sp³-hybridized carbons (Fsp3) is 0.118. The molecule has 0 aliphatic rings. The van der Waals surface area contributed by atoms with Crippen molar-refractivity contribution in [3.05, 3.63) is 216 Å². The molecule has 3 heterocycles. The van der Waals surface area contributed by atoms with E-state index in [9.17, 15) is 0 Å². The molecule has 3 aromatic heterocycles. The summed E-state index contributed by atoms with van der Waals surface area (Å²) in [5.74, 6) is 2.79. The van der Waals surface area contributed by atoms with Gasteiger partial charge in [0.2, 0.25) is 0 Å². The van der Waals surface area contributed by atoms with Crippen LogP contribution in [0.4, 0.5) is 0 Å². The summed E-state index contributed by atoms with van der Waals surface area (Å²) in [5.41, 5.74) is 14.1. The topological polar surface area (TPSA) is 53.5 Å². The number of imidazole rings is 3. The van der Waals surface area contributed by atoms with Gasteiger partial charge in [0.25, 0.3) is 0 Å². The minimum Gasteiger partial charge on any atom is -0.340 e. The molecule has 9 rings (SSSR count). The normalized spacial score (nSPS) is 10.4. The van der Waals surface area contributed by atoms with Crippen molar-refractivity contribution >= 4 is 0 Å². The Hall–Kier alpha value is -6.40. The molecular weight excluding hydrogens is 889 g/mol. The molecule has 7 heteroatoms. The summed E-state index contributed by atoms with van der Waals surface area (Å²) < 4.78 is 6.41. The number of para-hydroxylation sites is 3. The average molecular weight is 934 g/mol. The third-order valence-corrected chi connectivity index (χ3v) is 9.81. The van der Waals surface area contributed by atoms with E-state index in [2.05, 4.69) is 143 Å². The molecule has 6 aromatic carbocycles. The van der Waals surface area contributed by atoms with E-state index in [0.29, 0.717) is 0 Å². The molecule has 0 saturated carbocycles. The van der Waals surface area contributed by atoms with Crippen molar-refractivity contribution in [1.29, 1.82) is 0 Å². The van der Waals surface area contributed by atoms with E-state index in [1.807, 2.05) is 110 Å². The van der Waals surface area contributed by atoms with Crippen LogP contribution in [0.5, 0.6) is 0 Å². The predicted molar refractivity (Wildman–Crippen MR) is 232 cm³/mol. The Morgan fingerprint density at radius 3 is 0.828 bits per heavy atom. The van der Waals surface area contributed by atoms with Crippen molar-refractivity contribution in [3.8, 4) is 51.2 Å².